The number of nitrogens with zero attached hydrogens (tertiary/aromatic N) is 2. The lowest BCUT2D eigenvalue weighted by molar-refractivity contribution is -0.117. The van der Waals surface area contributed by atoms with Crippen molar-refractivity contribution < 1.29 is 4.79 Å². The van der Waals surface area contributed by atoms with Gasteiger partial charge in [0, 0.05) is 29.4 Å². The quantitative estimate of drug-likeness (QED) is 0.632. The second kappa shape index (κ2) is 10.6. The van der Waals surface area contributed by atoms with Crippen LogP contribution >= 0.6 is 35.8 Å². The molecular weight excluding hydrogens is 401 g/mol. The molecule has 0 aromatic heterocycles. The molecular formula is C20H29Cl2N3OS. The van der Waals surface area contributed by atoms with Gasteiger partial charge in [-0.1, -0.05) is 56.0 Å². The van der Waals surface area contributed by atoms with E-state index in [4.69, 9.17) is 16.6 Å². The van der Waals surface area contributed by atoms with E-state index in [-0.39, 0.29) is 24.4 Å². The zero-order valence-corrected chi connectivity index (χ0v) is 18.4. The molecule has 7 heteroatoms. The van der Waals surface area contributed by atoms with Crippen molar-refractivity contribution in [3.63, 3.8) is 0 Å². The van der Waals surface area contributed by atoms with Crippen LogP contribution in [-0.2, 0) is 4.79 Å². The van der Waals surface area contributed by atoms with Crippen LogP contribution in [0.25, 0.3) is 0 Å². The van der Waals surface area contributed by atoms with Gasteiger partial charge in [-0.15, -0.1) is 12.4 Å². The van der Waals surface area contributed by atoms with Crippen LogP contribution in [0.2, 0.25) is 5.02 Å². The van der Waals surface area contributed by atoms with Crippen molar-refractivity contribution in [2.24, 2.45) is 4.99 Å². The first-order chi connectivity index (χ1) is 12.5. The van der Waals surface area contributed by atoms with Crippen LogP contribution in [0, 0.1) is 0 Å². The second-order valence-corrected chi connectivity index (χ2v) is 9.10. The Hall–Kier alpha value is -0.910. The number of hydrogen-bond donors (Lipinski definition) is 1. The van der Waals surface area contributed by atoms with Crippen LogP contribution in [0.5, 0.6) is 0 Å². The molecule has 2 aliphatic rings. The topological polar surface area (TPSA) is 44.7 Å². The molecule has 1 aliphatic carbocycles. The van der Waals surface area contributed by atoms with E-state index >= 15 is 0 Å². The highest BCUT2D eigenvalue weighted by Gasteiger charge is 2.35. The van der Waals surface area contributed by atoms with E-state index in [1.54, 1.807) is 12.1 Å². The predicted molar refractivity (Wildman–Crippen MR) is 119 cm³/mol. The third kappa shape index (κ3) is 6.30. The molecule has 1 N–H and O–H groups in total. The Morgan fingerprint density at radius 1 is 1.22 bits per heavy atom. The minimum Gasteiger partial charge on any atom is -0.350 e. The SMILES string of the molecule is CC1S/C(=N\C2CCCCCC2)N(C)C1CC(=O)Nc1ccc(Cl)cc1.Cl. The molecule has 1 aromatic carbocycles. The summed E-state index contributed by atoms with van der Waals surface area (Å²) in [6.45, 7) is 2.19. The molecule has 3 rings (SSSR count). The summed E-state index contributed by atoms with van der Waals surface area (Å²) in [6.07, 6.45) is 8.14. The van der Waals surface area contributed by atoms with E-state index in [9.17, 15) is 4.79 Å². The number of carbonyl (C=O) groups excluding carboxylic acids is 1. The first-order valence-electron chi connectivity index (χ1n) is 9.55. The van der Waals surface area contributed by atoms with Gasteiger partial charge >= 0.3 is 0 Å². The molecule has 1 saturated heterocycles. The van der Waals surface area contributed by atoms with Crippen molar-refractivity contribution in [2.75, 3.05) is 12.4 Å². The van der Waals surface area contributed by atoms with Gasteiger partial charge in [0.25, 0.3) is 0 Å². The highest BCUT2D eigenvalue weighted by Crippen LogP contribution is 2.33. The molecule has 27 heavy (non-hydrogen) atoms. The summed E-state index contributed by atoms with van der Waals surface area (Å²) in [7, 11) is 2.08. The van der Waals surface area contributed by atoms with Crippen molar-refractivity contribution in [2.45, 2.75) is 69.2 Å². The number of aliphatic imine (C=N–C) groups is 1. The number of amides is 1. The Kier molecular flexibility index (Phi) is 8.77. The molecule has 0 radical (unpaired) electrons. The maximum atomic E-state index is 12.5. The smallest absolute Gasteiger partial charge is 0.226 e. The molecule has 1 aliphatic heterocycles. The standard InChI is InChI=1S/C20H28ClN3OS.ClH/c1-14-18(13-19(25)22-17-11-9-15(21)10-12-17)24(2)20(26-14)23-16-7-5-3-4-6-8-16;/h9-12,14,16,18H,3-8,13H2,1-2H3,(H,22,25);1H/b23-20-;. The zero-order chi connectivity index (χ0) is 18.5. The van der Waals surface area contributed by atoms with Crippen molar-refractivity contribution in [3.05, 3.63) is 29.3 Å². The lowest BCUT2D eigenvalue weighted by Crippen LogP contribution is -2.36. The second-order valence-electron chi connectivity index (χ2n) is 7.32. The van der Waals surface area contributed by atoms with Crippen molar-refractivity contribution in [1.82, 2.24) is 4.90 Å². The fraction of sp³-hybridized carbons (Fsp3) is 0.600. The molecule has 150 valence electrons. The number of carbonyl (C=O) groups is 1. The first-order valence-corrected chi connectivity index (χ1v) is 10.8. The minimum atomic E-state index is 0. The maximum absolute atomic E-state index is 12.5. The van der Waals surface area contributed by atoms with Crippen LogP contribution in [-0.4, -0.2) is 40.4 Å². The van der Waals surface area contributed by atoms with Crippen LogP contribution < -0.4 is 5.32 Å². The van der Waals surface area contributed by atoms with Crippen LogP contribution in [0.3, 0.4) is 0 Å². The third-order valence-corrected chi connectivity index (χ3v) is 6.81. The van der Waals surface area contributed by atoms with Gasteiger partial charge in [0.1, 0.15) is 0 Å². The number of nitrogens with one attached hydrogen (secondary N) is 1. The van der Waals surface area contributed by atoms with E-state index < -0.39 is 0 Å². The first kappa shape index (κ1) is 22.4. The lowest BCUT2D eigenvalue weighted by atomic mass is 10.1. The van der Waals surface area contributed by atoms with Gasteiger partial charge in [0.15, 0.2) is 5.17 Å². The van der Waals surface area contributed by atoms with Gasteiger partial charge in [-0.05, 0) is 37.1 Å². The maximum Gasteiger partial charge on any atom is 0.226 e. The highest BCUT2D eigenvalue weighted by atomic mass is 35.5. The minimum absolute atomic E-state index is 0. The van der Waals surface area contributed by atoms with Gasteiger partial charge in [0.05, 0.1) is 12.1 Å². The van der Waals surface area contributed by atoms with Gasteiger partial charge in [-0.3, -0.25) is 9.79 Å². The van der Waals surface area contributed by atoms with Crippen LogP contribution in [0.15, 0.2) is 29.3 Å². The normalized spacial score (nSPS) is 25.1. The molecule has 2 fully saturated rings. The van der Waals surface area contributed by atoms with E-state index in [1.807, 2.05) is 23.9 Å². The zero-order valence-electron chi connectivity index (χ0n) is 16.0. The number of hydrogen-bond acceptors (Lipinski definition) is 3. The monoisotopic (exact) mass is 429 g/mol. The molecule has 1 heterocycles. The van der Waals surface area contributed by atoms with Crippen molar-refractivity contribution in [3.8, 4) is 0 Å². The van der Waals surface area contributed by atoms with Gasteiger partial charge in [-0.2, -0.15) is 0 Å². The van der Waals surface area contributed by atoms with E-state index in [0.717, 1.165) is 10.9 Å². The summed E-state index contributed by atoms with van der Waals surface area (Å²) in [5.41, 5.74) is 0.785. The third-order valence-electron chi connectivity index (χ3n) is 5.27. The van der Waals surface area contributed by atoms with Crippen molar-refractivity contribution in [1.29, 1.82) is 0 Å². The molecule has 1 saturated carbocycles. The predicted octanol–water partition coefficient (Wildman–Crippen LogP) is 5.60. The van der Waals surface area contributed by atoms with E-state index in [0.29, 0.717) is 22.7 Å². The molecule has 0 bridgehead atoms. The molecule has 2 unspecified atom stereocenters. The summed E-state index contributed by atoms with van der Waals surface area (Å²) >= 11 is 7.71. The summed E-state index contributed by atoms with van der Waals surface area (Å²) in [4.78, 5) is 19.7. The van der Waals surface area contributed by atoms with Crippen molar-refractivity contribution >= 4 is 52.5 Å². The Balaban J connectivity index is 0.00000261. The van der Waals surface area contributed by atoms with E-state index in [2.05, 4.69) is 24.2 Å². The van der Waals surface area contributed by atoms with E-state index in [1.165, 1.54) is 38.5 Å². The molecule has 1 amide bonds. The Labute approximate surface area is 177 Å². The number of amidine groups is 1. The average molecular weight is 430 g/mol. The Bertz CT molecular complexity index is 645. The van der Waals surface area contributed by atoms with Gasteiger partial charge < -0.3 is 10.2 Å². The van der Waals surface area contributed by atoms with Gasteiger partial charge in [0.2, 0.25) is 5.91 Å². The lowest BCUT2D eigenvalue weighted by Gasteiger charge is -2.23. The largest absolute Gasteiger partial charge is 0.350 e. The van der Waals surface area contributed by atoms with Crippen LogP contribution in [0.1, 0.15) is 51.9 Å². The summed E-state index contributed by atoms with van der Waals surface area (Å²) in [5, 5.41) is 5.10. The fourth-order valence-electron chi connectivity index (χ4n) is 3.69. The Morgan fingerprint density at radius 3 is 2.48 bits per heavy atom. The number of benzene rings is 1. The number of thioether (sulfide) groups is 1. The molecule has 1 aromatic rings. The number of halogens is 2. The van der Waals surface area contributed by atoms with Crippen LogP contribution in [0.4, 0.5) is 5.69 Å². The molecule has 4 nitrogen and oxygen atoms in total. The average Bonchev–Trinajstić information content (AvgIpc) is 2.81. The molecule has 0 spiro atoms. The highest BCUT2D eigenvalue weighted by molar-refractivity contribution is 8.14. The number of rotatable bonds is 4. The fourth-order valence-corrected chi connectivity index (χ4v) is 5.09. The molecule has 2 atom stereocenters. The Morgan fingerprint density at radius 2 is 1.85 bits per heavy atom. The summed E-state index contributed by atoms with van der Waals surface area (Å²) < 4.78 is 0. The van der Waals surface area contributed by atoms with Gasteiger partial charge in [-0.25, -0.2) is 0 Å². The summed E-state index contributed by atoms with van der Waals surface area (Å²) in [5.74, 6) is 0.0346. The number of anilines is 1. The summed E-state index contributed by atoms with van der Waals surface area (Å²) in [6, 6.07) is 7.86.